The molecule has 0 aliphatic heterocycles. The lowest BCUT2D eigenvalue weighted by molar-refractivity contribution is 0.390. The standard InChI is InChI=1S/C22H25NO/c1-14(2)10-11-23-22-19-13-16(24-3)8-9-18(19)21-17-7-5-4-6-15(17)12-20(21)22/h4-10,13,20-23H,11-12H2,1-3H3/t20-,21-,22-/m1/s1. The third-order valence-electron chi connectivity index (χ3n) is 5.51. The summed E-state index contributed by atoms with van der Waals surface area (Å²) in [5.74, 6) is 2.08. The van der Waals surface area contributed by atoms with Crippen molar-refractivity contribution in [3.8, 4) is 5.75 Å². The van der Waals surface area contributed by atoms with Gasteiger partial charge < -0.3 is 10.1 Å². The van der Waals surface area contributed by atoms with Crippen LogP contribution in [0.1, 0.15) is 48.1 Å². The second-order valence-corrected chi connectivity index (χ2v) is 7.21. The Kier molecular flexibility index (Phi) is 3.93. The number of ether oxygens (including phenoxy) is 1. The molecule has 0 amide bonds. The number of rotatable bonds is 4. The average molecular weight is 319 g/mol. The zero-order chi connectivity index (χ0) is 16.7. The van der Waals surface area contributed by atoms with Crippen LogP contribution in [-0.4, -0.2) is 13.7 Å². The van der Waals surface area contributed by atoms with Crippen LogP contribution in [-0.2, 0) is 6.42 Å². The minimum atomic E-state index is 0.392. The fraction of sp³-hybridized carbons (Fsp3) is 0.364. The number of allylic oxidation sites excluding steroid dienone is 1. The number of fused-ring (bicyclic) bond motifs is 5. The Morgan fingerprint density at radius 2 is 1.96 bits per heavy atom. The maximum Gasteiger partial charge on any atom is 0.119 e. The predicted molar refractivity (Wildman–Crippen MR) is 98.6 cm³/mol. The summed E-state index contributed by atoms with van der Waals surface area (Å²) in [5.41, 5.74) is 7.28. The van der Waals surface area contributed by atoms with Gasteiger partial charge in [0.25, 0.3) is 0 Å². The van der Waals surface area contributed by atoms with Crippen LogP contribution >= 0.6 is 0 Å². The molecule has 2 nitrogen and oxygen atoms in total. The molecular weight excluding hydrogens is 294 g/mol. The van der Waals surface area contributed by atoms with E-state index in [4.69, 9.17) is 4.74 Å². The second-order valence-electron chi connectivity index (χ2n) is 7.21. The van der Waals surface area contributed by atoms with Gasteiger partial charge in [0.1, 0.15) is 5.75 Å². The van der Waals surface area contributed by atoms with Gasteiger partial charge in [-0.15, -0.1) is 0 Å². The summed E-state index contributed by atoms with van der Waals surface area (Å²) in [5, 5.41) is 3.79. The van der Waals surface area contributed by atoms with Crippen molar-refractivity contribution in [1.82, 2.24) is 5.32 Å². The van der Waals surface area contributed by atoms with Gasteiger partial charge in [-0.1, -0.05) is 42.0 Å². The monoisotopic (exact) mass is 319 g/mol. The molecule has 124 valence electrons. The first-order valence-corrected chi connectivity index (χ1v) is 8.81. The largest absolute Gasteiger partial charge is 0.497 e. The van der Waals surface area contributed by atoms with Crippen LogP contribution in [0.3, 0.4) is 0 Å². The van der Waals surface area contributed by atoms with E-state index in [9.17, 15) is 0 Å². The highest BCUT2D eigenvalue weighted by Gasteiger charge is 2.45. The summed E-state index contributed by atoms with van der Waals surface area (Å²) in [4.78, 5) is 0. The third-order valence-corrected chi connectivity index (χ3v) is 5.51. The molecule has 0 saturated heterocycles. The topological polar surface area (TPSA) is 21.3 Å². The lowest BCUT2D eigenvalue weighted by Gasteiger charge is -2.21. The smallest absolute Gasteiger partial charge is 0.119 e. The summed E-state index contributed by atoms with van der Waals surface area (Å²) in [6, 6.07) is 16.0. The number of hydrogen-bond acceptors (Lipinski definition) is 2. The number of nitrogens with one attached hydrogen (secondary N) is 1. The highest BCUT2D eigenvalue weighted by molar-refractivity contribution is 5.54. The van der Waals surface area contributed by atoms with Gasteiger partial charge in [-0.3, -0.25) is 0 Å². The summed E-state index contributed by atoms with van der Waals surface area (Å²) >= 11 is 0. The van der Waals surface area contributed by atoms with E-state index in [0.717, 1.165) is 18.7 Å². The highest BCUT2D eigenvalue weighted by Crippen LogP contribution is 2.55. The lowest BCUT2D eigenvalue weighted by atomic mass is 9.91. The maximum atomic E-state index is 5.48. The van der Waals surface area contributed by atoms with E-state index in [1.807, 2.05) is 0 Å². The minimum Gasteiger partial charge on any atom is -0.497 e. The van der Waals surface area contributed by atoms with E-state index in [1.54, 1.807) is 7.11 Å². The zero-order valence-electron chi connectivity index (χ0n) is 14.7. The van der Waals surface area contributed by atoms with Crippen LogP contribution in [0.25, 0.3) is 0 Å². The van der Waals surface area contributed by atoms with Gasteiger partial charge >= 0.3 is 0 Å². The number of benzene rings is 2. The Hall–Kier alpha value is -2.06. The first kappa shape index (κ1) is 15.5. The van der Waals surface area contributed by atoms with Crippen molar-refractivity contribution in [3.63, 3.8) is 0 Å². The molecule has 0 bridgehead atoms. The van der Waals surface area contributed by atoms with Crippen LogP contribution in [0.5, 0.6) is 5.75 Å². The fourth-order valence-corrected chi connectivity index (χ4v) is 4.45. The molecule has 2 aliphatic carbocycles. The molecule has 2 aliphatic rings. The molecule has 0 radical (unpaired) electrons. The van der Waals surface area contributed by atoms with Gasteiger partial charge in [-0.25, -0.2) is 0 Å². The number of methoxy groups -OCH3 is 1. The van der Waals surface area contributed by atoms with Crippen LogP contribution < -0.4 is 10.1 Å². The summed E-state index contributed by atoms with van der Waals surface area (Å²) in [6.45, 7) is 5.23. The highest BCUT2D eigenvalue weighted by atomic mass is 16.5. The molecule has 0 fully saturated rings. The third kappa shape index (κ3) is 2.46. The fourth-order valence-electron chi connectivity index (χ4n) is 4.45. The van der Waals surface area contributed by atoms with E-state index >= 15 is 0 Å². The van der Waals surface area contributed by atoms with Gasteiger partial charge in [0.05, 0.1) is 7.11 Å². The van der Waals surface area contributed by atoms with E-state index in [2.05, 4.69) is 67.7 Å². The molecule has 0 aromatic heterocycles. The molecule has 0 spiro atoms. The van der Waals surface area contributed by atoms with E-state index in [-0.39, 0.29) is 0 Å². The van der Waals surface area contributed by atoms with Crippen molar-refractivity contribution < 1.29 is 4.74 Å². The summed E-state index contributed by atoms with van der Waals surface area (Å²) in [7, 11) is 1.75. The molecule has 0 heterocycles. The summed E-state index contributed by atoms with van der Waals surface area (Å²) in [6.07, 6.45) is 3.43. The molecule has 4 rings (SSSR count). The molecule has 1 N–H and O–H groups in total. The molecule has 0 saturated carbocycles. The molecular formula is C22H25NO. The van der Waals surface area contributed by atoms with Gasteiger partial charge in [-0.2, -0.15) is 0 Å². The van der Waals surface area contributed by atoms with Gasteiger partial charge in [0, 0.05) is 18.5 Å². The second kappa shape index (κ2) is 6.10. The van der Waals surface area contributed by atoms with Gasteiger partial charge in [0.2, 0.25) is 0 Å². The van der Waals surface area contributed by atoms with Crippen LogP contribution in [0.4, 0.5) is 0 Å². The quantitative estimate of drug-likeness (QED) is 0.831. The Labute approximate surface area is 144 Å². The lowest BCUT2D eigenvalue weighted by Crippen LogP contribution is -2.26. The van der Waals surface area contributed by atoms with Crippen LogP contribution in [0, 0.1) is 5.92 Å². The van der Waals surface area contributed by atoms with E-state index in [1.165, 1.54) is 27.8 Å². The van der Waals surface area contributed by atoms with Gasteiger partial charge in [0.15, 0.2) is 0 Å². The average Bonchev–Trinajstić information content (AvgIpc) is 3.09. The molecule has 2 aromatic carbocycles. The van der Waals surface area contributed by atoms with Crippen molar-refractivity contribution >= 4 is 0 Å². The molecule has 0 unspecified atom stereocenters. The summed E-state index contributed by atoms with van der Waals surface area (Å²) < 4.78 is 5.48. The normalized spacial score (nSPS) is 23.4. The number of hydrogen-bond donors (Lipinski definition) is 1. The zero-order valence-corrected chi connectivity index (χ0v) is 14.7. The molecule has 2 aromatic rings. The van der Waals surface area contributed by atoms with Crippen molar-refractivity contribution in [3.05, 3.63) is 76.4 Å². The minimum absolute atomic E-state index is 0.392. The van der Waals surface area contributed by atoms with E-state index in [0.29, 0.717) is 17.9 Å². The Balaban J connectivity index is 1.74. The first-order chi connectivity index (χ1) is 11.7. The van der Waals surface area contributed by atoms with E-state index < -0.39 is 0 Å². The maximum absolute atomic E-state index is 5.48. The van der Waals surface area contributed by atoms with Crippen LogP contribution in [0.15, 0.2) is 54.1 Å². The molecule has 3 atom stereocenters. The predicted octanol–water partition coefficient (Wildman–Crippen LogP) is 4.61. The first-order valence-electron chi connectivity index (χ1n) is 8.81. The molecule has 2 heteroatoms. The van der Waals surface area contributed by atoms with Crippen molar-refractivity contribution in [2.75, 3.05) is 13.7 Å². The SMILES string of the molecule is COc1ccc2c(c1)[C@@H](NCC=C(C)C)[C@@H]1Cc3ccccc3[C@H]21. The van der Waals surface area contributed by atoms with Crippen molar-refractivity contribution in [1.29, 1.82) is 0 Å². The Morgan fingerprint density at radius 3 is 2.75 bits per heavy atom. The van der Waals surface area contributed by atoms with Crippen LogP contribution in [0.2, 0.25) is 0 Å². The Bertz CT molecular complexity index is 788. The Morgan fingerprint density at radius 1 is 1.12 bits per heavy atom. The van der Waals surface area contributed by atoms with Gasteiger partial charge in [-0.05, 0) is 60.6 Å². The van der Waals surface area contributed by atoms with Crippen molar-refractivity contribution in [2.24, 2.45) is 5.92 Å². The van der Waals surface area contributed by atoms with Crippen molar-refractivity contribution in [2.45, 2.75) is 32.2 Å². The molecule has 24 heavy (non-hydrogen) atoms.